The molecule has 0 N–H and O–H groups in total. The van der Waals surface area contributed by atoms with Crippen LogP contribution >= 0.6 is 15.9 Å². The van der Waals surface area contributed by atoms with Crippen LogP contribution in [-0.2, 0) is 11.3 Å². The third kappa shape index (κ3) is 2.68. The summed E-state index contributed by atoms with van der Waals surface area (Å²) in [4.78, 5) is 12.0. The Kier molecular flexibility index (Phi) is 3.93. The van der Waals surface area contributed by atoms with Gasteiger partial charge in [0.25, 0.3) is 0 Å². The van der Waals surface area contributed by atoms with E-state index in [-0.39, 0.29) is 17.9 Å². The maximum atomic E-state index is 13.6. The molecule has 0 aliphatic heterocycles. The number of benzene rings is 1. The molecule has 0 amide bonds. The Morgan fingerprint density at radius 3 is 2.89 bits per heavy atom. The van der Waals surface area contributed by atoms with Crippen molar-refractivity contribution in [2.45, 2.75) is 6.61 Å². The molecule has 2 rings (SSSR count). The van der Waals surface area contributed by atoms with E-state index in [2.05, 4.69) is 15.9 Å². The first-order valence-electron chi connectivity index (χ1n) is 5.19. The fourth-order valence-electron chi connectivity index (χ4n) is 1.52. The summed E-state index contributed by atoms with van der Waals surface area (Å²) in [6.07, 6.45) is 0. The van der Waals surface area contributed by atoms with Crippen molar-refractivity contribution in [3.05, 3.63) is 57.7 Å². The summed E-state index contributed by atoms with van der Waals surface area (Å²) >= 11 is 3.20. The van der Waals surface area contributed by atoms with Crippen LogP contribution in [0.15, 0.2) is 39.2 Å². The van der Waals surface area contributed by atoms with Gasteiger partial charge < -0.3 is 9.15 Å². The van der Waals surface area contributed by atoms with E-state index in [4.69, 9.17) is 9.15 Å². The molecule has 18 heavy (non-hydrogen) atoms. The number of ether oxygens (including phenoxy) is 1. The maximum absolute atomic E-state index is 13.6. The molecule has 0 aliphatic carbocycles. The molecule has 0 saturated carbocycles. The van der Waals surface area contributed by atoms with Gasteiger partial charge in [0.1, 0.15) is 18.2 Å². The molecule has 1 aromatic carbocycles. The number of furan rings is 1. The van der Waals surface area contributed by atoms with Crippen molar-refractivity contribution in [2.24, 2.45) is 0 Å². The van der Waals surface area contributed by atoms with Crippen molar-refractivity contribution < 1.29 is 18.3 Å². The molecule has 0 bridgehead atoms. The topological polar surface area (TPSA) is 39.4 Å². The first-order chi connectivity index (χ1) is 8.61. The second kappa shape index (κ2) is 5.46. The van der Waals surface area contributed by atoms with Crippen LogP contribution in [0.2, 0.25) is 0 Å². The molecular weight excluding hydrogens is 303 g/mol. The van der Waals surface area contributed by atoms with Crippen LogP contribution in [0.4, 0.5) is 4.39 Å². The molecule has 5 heteroatoms. The Balaban J connectivity index is 2.32. The fourth-order valence-corrected chi connectivity index (χ4v) is 1.89. The largest absolute Gasteiger partial charge is 0.455 e. The molecule has 0 radical (unpaired) electrons. The SMILES string of the molecule is COCc1ccc(C(=O)c2cc(Br)ccc2F)o1. The number of hydrogen-bond donors (Lipinski definition) is 0. The minimum Gasteiger partial charge on any atom is -0.455 e. The molecular formula is C13H10BrFO3. The summed E-state index contributed by atoms with van der Waals surface area (Å²) in [5, 5.41) is 0. The zero-order valence-corrected chi connectivity index (χ0v) is 11.2. The average molecular weight is 313 g/mol. The number of rotatable bonds is 4. The fraction of sp³-hybridized carbons (Fsp3) is 0.154. The van der Waals surface area contributed by atoms with Crippen LogP contribution in [0.1, 0.15) is 21.9 Å². The summed E-state index contributed by atoms with van der Waals surface area (Å²) < 4.78 is 24.3. The lowest BCUT2D eigenvalue weighted by Crippen LogP contribution is -2.03. The number of carbonyl (C=O) groups is 1. The smallest absolute Gasteiger partial charge is 0.231 e. The summed E-state index contributed by atoms with van der Waals surface area (Å²) in [6.45, 7) is 0.272. The maximum Gasteiger partial charge on any atom is 0.231 e. The molecule has 2 aromatic rings. The zero-order valence-electron chi connectivity index (χ0n) is 9.57. The lowest BCUT2D eigenvalue weighted by Gasteiger charge is -2.01. The Morgan fingerprint density at radius 2 is 2.17 bits per heavy atom. The summed E-state index contributed by atoms with van der Waals surface area (Å²) in [5.74, 6) is -0.445. The molecule has 3 nitrogen and oxygen atoms in total. The quantitative estimate of drug-likeness (QED) is 0.810. The minimum atomic E-state index is -0.576. The normalized spacial score (nSPS) is 10.6. The highest BCUT2D eigenvalue weighted by molar-refractivity contribution is 9.10. The third-order valence-corrected chi connectivity index (χ3v) is 2.84. The van der Waals surface area contributed by atoms with Gasteiger partial charge in [0.05, 0.1) is 5.56 Å². The van der Waals surface area contributed by atoms with Crippen LogP contribution in [0.5, 0.6) is 0 Å². The van der Waals surface area contributed by atoms with E-state index in [1.807, 2.05) is 0 Å². The van der Waals surface area contributed by atoms with E-state index in [0.717, 1.165) is 0 Å². The second-order valence-corrected chi connectivity index (χ2v) is 4.57. The first-order valence-corrected chi connectivity index (χ1v) is 5.98. The third-order valence-electron chi connectivity index (χ3n) is 2.35. The van der Waals surface area contributed by atoms with Crippen molar-refractivity contribution in [2.75, 3.05) is 7.11 Å². The van der Waals surface area contributed by atoms with Gasteiger partial charge in [0, 0.05) is 11.6 Å². The van der Waals surface area contributed by atoms with Crippen molar-refractivity contribution in [3.63, 3.8) is 0 Å². The van der Waals surface area contributed by atoms with E-state index in [0.29, 0.717) is 10.2 Å². The van der Waals surface area contributed by atoms with E-state index in [1.165, 1.54) is 31.4 Å². The van der Waals surface area contributed by atoms with Gasteiger partial charge >= 0.3 is 0 Å². The van der Waals surface area contributed by atoms with E-state index in [9.17, 15) is 9.18 Å². The number of carbonyl (C=O) groups excluding carboxylic acids is 1. The van der Waals surface area contributed by atoms with Crippen LogP contribution < -0.4 is 0 Å². The molecule has 0 spiro atoms. The van der Waals surface area contributed by atoms with Gasteiger partial charge in [-0.2, -0.15) is 0 Å². The van der Waals surface area contributed by atoms with Crippen molar-refractivity contribution in [3.8, 4) is 0 Å². The molecule has 1 aromatic heterocycles. The number of ketones is 1. The standard InChI is InChI=1S/C13H10BrFO3/c1-17-7-9-3-5-12(18-9)13(16)10-6-8(14)2-4-11(10)15/h2-6H,7H2,1H3. The van der Waals surface area contributed by atoms with Crippen molar-refractivity contribution in [1.29, 1.82) is 0 Å². The van der Waals surface area contributed by atoms with Gasteiger partial charge in [-0.05, 0) is 30.3 Å². The molecule has 1 heterocycles. The van der Waals surface area contributed by atoms with Gasteiger partial charge in [0.15, 0.2) is 5.76 Å². The second-order valence-electron chi connectivity index (χ2n) is 3.65. The van der Waals surface area contributed by atoms with Crippen LogP contribution in [0.25, 0.3) is 0 Å². The van der Waals surface area contributed by atoms with E-state index < -0.39 is 11.6 Å². The Labute approximate surface area is 112 Å². The van der Waals surface area contributed by atoms with Gasteiger partial charge in [0.2, 0.25) is 5.78 Å². The van der Waals surface area contributed by atoms with E-state index in [1.54, 1.807) is 6.07 Å². The zero-order chi connectivity index (χ0) is 13.1. The first kappa shape index (κ1) is 13.0. The van der Waals surface area contributed by atoms with Crippen LogP contribution in [-0.4, -0.2) is 12.9 Å². The van der Waals surface area contributed by atoms with Crippen molar-refractivity contribution in [1.82, 2.24) is 0 Å². The predicted molar refractivity (Wildman–Crippen MR) is 67.0 cm³/mol. The highest BCUT2D eigenvalue weighted by atomic mass is 79.9. The number of hydrogen-bond acceptors (Lipinski definition) is 3. The Hall–Kier alpha value is -1.46. The number of methoxy groups -OCH3 is 1. The molecule has 0 atom stereocenters. The minimum absolute atomic E-state index is 0.0253. The summed E-state index contributed by atoms with van der Waals surface area (Å²) in [5.41, 5.74) is -0.0253. The molecule has 0 fully saturated rings. The molecule has 0 aliphatic rings. The van der Waals surface area contributed by atoms with Gasteiger partial charge in [-0.3, -0.25) is 4.79 Å². The predicted octanol–water partition coefficient (Wildman–Crippen LogP) is 3.56. The Morgan fingerprint density at radius 1 is 1.39 bits per heavy atom. The lowest BCUT2D eigenvalue weighted by molar-refractivity contribution is 0.0996. The Bertz CT molecular complexity index is 577. The summed E-state index contributed by atoms with van der Waals surface area (Å²) in [7, 11) is 1.53. The number of halogens is 2. The molecule has 0 saturated heterocycles. The van der Waals surface area contributed by atoms with Crippen LogP contribution in [0.3, 0.4) is 0 Å². The molecule has 0 unspecified atom stereocenters. The highest BCUT2D eigenvalue weighted by Crippen LogP contribution is 2.20. The summed E-state index contributed by atoms with van der Waals surface area (Å²) in [6, 6.07) is 7.33. The van der Waals surface area contributed by atoms with Crippen LogP contribution in [0, 0.1) is 5.82 Å². The highest BCUT2D eigenvalue weighted by Gasteiger charge is 2.18. The van der Waals surface area contributed by atoms with Gasteiger partial charge in [-0.1, -0.05) is 15.9 Å². The lowest BCUT2D eigenvalue weighted by atomic mass is 10.1. The average Bonchev–Trinajstić information content (AvgIpc) is 2.80. The van der Waals surface area contributed by atoms with E-state index >= 15 is 0 Å². The molecule has 94 valence electrons. The van der Waals surface area contributed by atoms with Gasteiger partial charge in [-0.25, -0.2) is 4.39 Å². The van der Waals surface area contributed by atoms with Gasteiger partial charge in [-0.15, -0.1) is 0 Å². The van der Waals surface area contributed by atoms with Crippen molar-refractivity contribution >= 4 is 21.7 Å². The monoisotopic (exact) mass is 312 g/mol.